The van der Waals surface area contributed by atoms with Gasteiger partial charge in [-0.1, -0.05) is 45.9 Å². The van der Waals surface area contributed by atoms with Gasteiger partial charge in [0.25, 0.3) is 0 Å². The normalized spacial score (nSPS) is 11.7. The lowest BCUT2D eigenvalue weighted by Gasteiger charge is -2.26. The molecule has 2 N–H and O–H groups in total. The second-order valence-corrected chi connectivity index (χ2v) is 6.28. The van der Waals surface area contributed by atoms with Gasteiger partial charge in [-0.05, 0) is 29.4 Å². The highest BCUT2D eigenvalue weighted by atomic mass is 16.4. The zero-order valence-electron chi connectivity index (χ0n) is 12.6. The quantitative estimate of drug-likeness (QED) is 0.814. The van der Waals surface area contributed by atoms with E-state index >= 15 is 0 Å². The molecule has 0 aliphatic rings. The van der Waals surface area contributed by atoms with Gasteiger partial charge in [0.05, 0.1) is 6.42 Å². The Morgan fingerprint density at radius 3 is 2.53 bits per heavy atom. The lowest BCUT2D eigenvalue weighted by molar-refractivity contribution is -0.139. The van der Waals surface area contributed by atoms with Gasteiger partial charge >= 0.3 is 5.97 Å². The summed E-state index contributed by atoms with van der Waals surface area (Å²) in [5.74, 6) is -0.300. The molecule has 0 saturated heterocycles. The van der Waals surface area contributed by atoms with E-state index in [2.05, 4.69) is 44.3 Å². The number of para-hydroxylation sites is 1. The Hall–Kier alpha value is -1.51. The molecule has 0 amide bonds. The first kappa shape index (κ1) is 15.5. The van der Waals surface area contributed by atoms with Crippen molar-refractivity contribution < 1.29 is 9.90 Å². The second-order valence-electron chi connectivity index (χ2n) is 6.28. The molecular weight excluding hydrogens is 238 g/mol. The highest BCUT2D eigenvalue weighted by Gasteiger charge is 2.22. The zero-order chi connectivity index (χ0) is 14.6. The van der Waals surface area contributed by atoms with Gasteiger partial charge < -0.3 is 10.4 Å². The van der Waals surface area contributed by atoms with Crippen LogP contribution in [0.3, 0.4) is 0 Å². The lowest BCUT2D eigenvalue weighted by Crippen LogP contribution is -2.26. The average molecular weight is 263 g/mol. The molecule has 0 bridgehead atoms. The summed E-state index contributed by atoms with van der Waals surface area (Å²) >= 11 is 0. The van der Waals surface area contributed by atoms with Crippen molar-refractivity contribution in [1.82, 2.24) is 0 Å². The molecule has 0 radical (unpaired) electrons. The van der Waals surface area contributed by atoms with Crippen LogP contribution in [0.2, 0.25) is 0 Å². The third kappa shape index (κ3) is 4.58. The molecule has 0 aliphatic carbocycles. The van der Waals surface area contributed by atoms with Crippen molar-refractivity contribution in [3.8, 4) is 0 Å². The van der Waals surface area contributed by atoms with Crippen molar-refractivity contribution in [2.45, 2.75) is 47.0 Å². The first-order valence-corrected chi connectivity index (χ1v) is 6.78. The summed E-state index contributed by atoms with van der Waals surface area (Å²) in [5, 5.41) is 12.4. The van der Waals surface area contributed by atoms with Crippen LogP contribution >= 0.6 is 0 Å². The van der Waals surface area contributed by atoms with Crippen LogP contribution in [0.5, 0.6) is 0 Å². The molecule has 1 rings (SSSR count). The van der Waals surface area contributed by atoms with Crippen LogP contribution in [0.25, 0.3) is 0 Å². The number of nitrogens with one attached hydrogen (secondary N) is 1. The fourth-order valence-corrected chi connectivity index (χ4v) is 2.21. The summed E-state index contributed by atoms with van der Waals surface area (Å²) < 4.78 is 0. The van der Waals surface area contributed by atoms with Gasteiger partial charge in [-0.3, -0.25) is 4.79 Å². The van der Waals surface area contributed by atoms with E-state index in [1.54, 1.807) is 0 Å². The molecule has 0 spiro atoms. The minimum atomic E-state index is -0.749. The molecule has 0 aliphatic heterocycles. The van der Waals surface area contributed by atoms with Crippen molar-refractivity contribution in [3.63, 3.8) is 0 Å². The number of carboxylic acids is 1. The summed E-state index contributed by atoms with van der Waals surface area (Å²) in [7, 11) is 0. The third-order valence-electron chi connectivity index (χ3n) is 3.30. The smallest absolute Gasteiger partial charge is 0.303 e. The number of rotatable bonds is 6. The van der Waals surface area contributed by atoms with Crippen molar-refractivity contribution in [1.29, 1.82) is 0 Å². The highest BCUT2D eigenvalue weighted by Crippen LogP contribution is 2.29. The predicted octanol–water partition coefficient (Wildman–Crippen LogP) is 4.03. The van der Waals surface area contributed by atoms with Crippen molar-refractivity contribution in [3.05, 3.63) is 29.3 Å². The zero-order valence-corrected chi connectivity index (χ0v) is 12.6. The van der Waals surface area contributed by atoms with Crippen LogP contribution in [0.15, 0.2) is 18.2 Å². The Kier molecular flexibility index (Phi) is 4.98. The SMILES string of the molecule is Cc1cccc(C(C)C)c1NCC(C)(C)CC(=O)O. The van der Waals surface area contributed by atoms with Crippen LogP contribution in [0, 0.1) is 12.3 Å². The molecule has 3 heteroatoms. The molecule has 0 fully saturated rings. The Labute approximate surface area is 116 Å². The molecular formula is C16H25NO2. The largest absolute Gasteiger partial charge is 0.481 e. The van der Waals surface area contributed by atoms with Crippen LogP contribution < -0.4 is 5.32 Å². The van der Waals surface area contributed by atoms with Gasteiger partial charge in [0.15, 0.2) is 0 Å². The number of aliphatic carboxylic acids is 1. The molecule has 0 saturated carbocycles. The Balaban J connectivity index is 2.85. The Morgan fingerprint density at radius 1 is 1.37 bits per heavy atom. The Bertz CT molecular complexity index is 450. The molecule has 19 heavy (non-hydrogen) atoms. The second kappa shape index (κ2) is 6.09. The number of benzene rings is 1. The number of hydrogen-bond acceptors (Lipinski definition) is 2. The van der Waals surface area contributed by atoms with E-state index in [0.29, 0.717) is 12.5 Å². The van der Waals surface area contributed by atoms with E-state index < -0.39 is 5.97 Å². The minimum absolute atomic E-state index is 0.170. The molecule has 3 nitrogen and oxygen atoms in total. The van der Waals surface area contributed by atoms with E-state index in [-0.39, 0.29) is 11.8 Å². The molecule has 0 unspecified atom stereocenters. The van der Waals surface area contributed by atoms with Gasteiger partial charge in [-0.15, -0.1) is 0 Å². The van der Waals surface area contributed by atoms with E-state index in [9.17, 15) is 4.79 Å². The molecule has 0 atom stereocenters. The van der Waals surface area contributed by atoms with Crippen LogP contribution in [-0.4, -0.2) is 17.6 Å². The number of carboxylic acid groups (broad SMARTS) is 1. The molecule has 0 heterocycles. The molecule has 1 aromatic carbocycles. The summed E-state index contributed by atoms with van der Waals surface area (Å²) in [5.41, 5.74) is 3.38. The lowest BCUT2D eigenvalue weighted by atomic mass is 9.88. The van der Waals surface area contributed by atoms with Crippen molar-refractivity contribution >= 4 is 11.7 Å². The minimum Gasteiger partial charge on any atom is -0.481 e. The monoisotopic (exact) mass is 263 g/mol. The highest BCUT2D eigenvalue weighted by molar-refractivity contribution is 5.68. The molecule has 0 aromatic heterocycles. The van der Waals surface area contributed by atoms with Crippen LogP contribution in [0.1, 0.15) is 51.2 Å². The maximum Gasteiger partial charge on any atom is 0.303 e. The summed E-state index contributed by atoms with van der Waals surface area (Å²) in [6.07, 6.45) is 0.170. The van der Waals surface area contributed by atoms with Crippen molar-refractivity contribution in [2.75, 3.05) is 11.9 Å². The standard InChI is InChI=1S/C16H25NO2/c1-11(2)13-8-6-7-12(3)15(13)17-10-16(4,5)9-14(18)19/h6-8,11,17H,9-10H2,1-5H3,(H,18,19). The average Bonchev–Trinajstić information content (AvgIpc) is 2.25. The summed E-state index contributed by atoms with van der Waals surface area (Å²) in [6, 6.07) is 6.28. The third-order valence-corrected chi connectivity index (χ3v) is 3.30. The first-order valence-electron chi connectivity index (χ1n) is 6.78. The van der Waals surface area contributed by atoms with Crippen LogP contribution in [-0.2, 0) is 4.79 Å². The van der Waals surface area contributed by atoms with Crippen molar-refractivity contribution in [2.24, 2.45) is 5.41 Å². The van der Waals surface area contributed by atoms with E-state index in [0.717, 1.165) is 5.69 Å². The number of hydrogen-bond donors (Lipinski definition) is 2. The summed E-state index contributed by atoms with van der Waals surface area (Å²) in [6.45, 7) is 11.0. The van der Waals surface area contributed by atoms with Gasteiger partial charge in [0, 0.05) is 12.2 Å². The van der Waals surface area contributed by atoms with Gasteiger partial charge in [-0.25, -0.2) is 0 Å². The molecule has 1 aromatic rings. The van der Waals surface area contributed by atoms with Crippen LogP contribution in [0.4, 0.5) is 5.69 Å². The van der Waals surface area contributed by atoms with E-state index in [1.165, 1.54) is 11.1 Å². The van der Waals surface area contributed by atoms with Gasteiger partial charge in [-0.2, -0.15) is 0 Å². The first-order chi connectivity index (χ1) is 8.73. The number of aryl methyl sites for hydroxylation is 1. The Morgan fingerprint density at radius 2 is 2.00 bits per heavy atom. The maximum atomic E-state index is 10.8. The fourth-order valence-electron chi connectivity index (χ4n) is 2.21. The topological polar surface area (TPSA) is 49.3 Å². The van der Waals surface area contributed by atoms with Gasteiger partial charge in [0.2, 0.25) is 0 Å². The predicted molar refractivity (Wildman–Crippen MR) is 79.8 cm³/mol. The molecule has 106 valence electrons. The number of anilines is 1. The fraction of sp³-hybridized carbons (Fsp3) is 0.562. The van der Waals surface area contributed by atoms with Gasteiger partial charge in [0.1, 0.15) is 0 Å². The maximum absolute atomic E-state index is 10.8. The van der Waals surface area contributed by atoms with E-state index in [4.69, 9.17) is 5.11 Å². The number of carbonyl (C=O) groups is 1. The van der Waals surface area contributed by atoms with E-state index in [1.807, 2.05) is 13.8 Å². The summed E-state index contributed by atoms with van der Waals surface area (Å²) in [4.78, 5) is 10.8.